The summed E-state index contributed by atoms with van der Waals surface area (Å²) in [4.78, 5) is 11.6. The summed E-state index contributed by atoms with van der Waals surface area (Å²) in [5.74, 6) is 0.493. The van der Waals surface area contributed by atoms with E-state index in [9.17, 15) is 4.79 Å². The topological polar surface area (TPSA) is 68.9 Å². The second kappa shape index (κ2) is 8.07. The first-order valence-corrected chi connectivity index (χ1v) is 6.51. The smallest absolute Gasteiger partial charge is 0.280 e. The van der Waals surface area contributed by atoms with Gasteiger partial charge in [-0.05, 0) is 24.3 Å². The molecule has 0 aliphatic heterocycles. The number of hydrogen-bond donors (Lipinski definition) is 2. The molecule has 21 heavy (non-hydrogen) atoms. The summed E-state index contributed by atoms with van der Waals surface area (Å²) in [6.07, 6.45) is 0. The van der Waals surface area contributed by atoms with E-state index in [-0.39, 0.29) is 19.4 Å². The molecule has 4 heteroatoms. The average Bonchev–Trinajstić information content (AvgIpc) is 2.49. The summed E-state index contributed by atoms with van der Waals surface area (Å²) in [5, 5.41) is 1.94. The number of rotatable bonds is 6. The molecule has 0 radical (unpaired) electrons. The van der Waals surface area contributed by atoms with Crippen LogP contribution in [0.15, 0.2) is 54.6 Å². The number of hydrogen-bond acceptors (Lipinski definition) is 2. The first-order chi connectivity index (χ1) is 9.70. The van der Waals surface area contributed by atoms with Crippen LogP contribution in [0.2, 0.25) is 0 Å². The molecule has 0 aliphatic carbocycles. The number of quaternary nitrogens is 1. The molecule has 112 valence electrons. The minimum absolute atomic E-state index is 0. The van der Waals surface area contributed by atoms with Gasteiger partial charge in [0, 0.05) is 11.1 Å². The monoisotopic (exact) mass is 287 g/mol. The molecule has 0 saturated heterocycles. The molecule has 2 aromatic rings. The van der Waals surface area contributed by atoms with Crippen LogP contribution in [0.3, 0.4) is 0 Å². The Morgan fingerprint density at radius 2 is 1.76 bits per heavy atom. The molecule has 1 amide bonds. The van der Waals surface area contributed by atoms with Crippen molar-refractivity contribution in [3.8, 4) is 5.75 Å². The Hall–Kier alpha value is -2.33. The van der Waals surface area contributed by atoms with E-state index in [1.165, 1.54) is 0 Å². The Morgan fingerprint density at radius 3 is 2.29 bits per heavy atom. The van der Waals surface area contributed by atoms with Gasteiger partial charge in [0.15, 0.2) is 6.04 Å². The van der Waals surface area contributed by atoms with Crippen LogP contribution in [-0.4, -0.2) is 13.0 Å². The molecule has 0 spiro atoms. The Labute approximate surface area is 125 Å². The fourth-order valence-electron chi connectivity index (χ4n) is 2.09. The lowest BCUT2D eigenvalue weighted by Gasteiger charge is -2.12. The predicted octanol–water partition coefficient (Wildman–Crippen LogP) is 1.62. The summed E-state index contributed by atoms with van der Waals surface area (Å²) < 4.78 is 5.12. The number of amides is 1. The third-order valence-electron chi connectivity index (χ3n) is 3.21. The number of carbonyl (C=O) groups is 1. The summed E-state index contributed by atoms with van der Waals surface area (Å²) in [6.45, 7) is 0.687. The van der Waals surface area contributed by atoms with Crippen LogP contribution < -0.4 is 15.8 Å². The maximum Gasteiger partial charge on any atom is 0.280 e. The van der Waals surface area contributed by atoms with Gasteiger partial charge < -0.3 is 15.8 Å². The van der Waals surface area contributed by atoms with Crippen LogP contribution in [0, 0.1) is 0 Å². The van der Waals surface area contributed by atoms with Gasteiger partial charge in [-0.1, -0.05) is 37.8 Å². The summed E-state index contributed by atoms with van der Waals surface area (Å²) in [5.41, 5.74) is 7.53. The zero-order valence-corrected chi connectivity index (χ0v) is 11.5. The normalized spacial score (nSPS) is 11.3. The fourth-order valence-corrected chi connectivity index (χ4v) is 2.09. The van der Waals surface area contributed by atoms with Crippen molar-refractivity contribution in [2.24, 2.45) is 5.73 Å². The molecule has 1 unspecified atom stereocenters. The van der Waals surface area contributed by atoms with Crippen LogP contribution in [-0.2, 0) is 11.3 Å². The SMILES string of the molecule is C.COc1ccc(C[NH2+]C(C(N)=O)c2ccccc2)cc1. The van der Waals surface area contributed by atoms with E-state index in [4.69, 9.17) is 10.5 Å². The van der Waals surface area contributed by atoms with E-state index < -0.39 is 0 Å². The molecular formula is C17H23N2O2+. The molecule has 0 aliphatic rings. The van der Waals surface area contributed by atoms with Crippen LogP contribution in [0.25, 0.3) is 0 Å². The second-order valence-electron chi connectivity index (χ2n) is 4.58. The Bertz CT molecular complexity index is 553. The largest absolute Gasteiger partial charge is 0.497 e. The number of nitrogens with two attached hydrogens (primary N) is 2. The van der Waals surface area contributed by atoms with Crippen LogP contribution >= 0.6 is 0 Å². The van der Waals surface area contributed by atoms with E-state index in [1.807, 2.05) is 59.9 Å². The Morgan fingerprint density at radius 1 is 1.14 bits per heavy atom. The molecule has 0 aromatic heterocycles. The number of methoxy groups -OCH3 is 1. The third kappa shape index (κ3) is 4.61. The van der Waals surface area contributed by atoms with E-state index >= 15 is 0 Å². The summed E-state index contributed by atoms with van der Waals surface area (Å²) in [7, 11) is 1.64. The van der Waals surface area contributed by atoms with Crippen molar-refractivity contribution >= 4 is 5.91 Å². The van der Waals surface area contributed by atoms with Gasteiger partial charge in [-0.2, -0.15) is 0 Å². The van der Waals surface area contributed by atoms with Crippen molar-refractivity contribution in [2.75, 3.05) is 7.11 Å². The molecule has 0 bridgehead atoms. The molecule has 4 nitrogen and oxygen atoms in total. The van der Waals surface area contributed by atoms with E-state index in [0.29, 0.717) is 6.54 Å². The summed E-state index contributed by atoms with van der Waals surface area (Å²) in [6, 6.07) is 17.0. The van der Waals surface area contributed by atoms with Crippen molar-refractivity contribution in [1.82, 2.24) is 0 Å². The van der Waals surface area contributed by atoms with Crippen molar-refractivity contribution in [3.05, 3.63) is 65.7 Å². The highest BCUT2D eigenvalue weighted by Crippen LogP contribution is 2.11. The lowest BCUT2D eigenvalue weighted by atomic mass is 10.1. The molecule has 1 atom stereocenters. The van der Waals surface area contributed by atoms with Crippen molar-refractivity contribution in [1.29, 1.82) is 0 Å². The minimum atomic E-state index is -0.363. The van der Waals surface area contributed by atoms with Crippen molar-refractivity contribution < 1.29 is 14.8 Å². The van der Waals surface area contributed by atoms with E-state index in [1.54, 1.807) is 7.11 Å². The average molecular weight is 287 g/mol. The van der Waals surface area contributed by atoms with Gasteiger partial charge in [-0.15, -0.1) is 0 Å². The molecule has 2 aromatic carbocycles. The van der Waals surface area contributed by atoms with Gasteiger partial charge in [-0.3, -0.25) is 4.79 Å². The molecule has 4 N–H and O–H groups in total. The minimum Gasteiger partial charge on any atom is -0.497 e. The predicted molar refractivity (Wildman–Crippen MR) is 83.7 cm³/mol. The van der Waals surface area contributed by atoms with Gasteiger partial charge in [0.05, 0.1) is 7.11 Å². The van der Waals surface area contributed by atoms with Gasteiger partial charge in [0.1, 0.15) is 12.3 Å². The van der Waals surface area contributed by atoms with E-state index in [2.05, 4.69) is 0 Å². The van der Waals surface area contributed by atoms with Crippen LogP contribution in [0.4, 0.5) is 0 Å². The highest BCUT2D eigenvalue weighted by atomic mass is 16.5. The van der Waals surface area contributed by atoms with Gasteiger partial charge in [0.2, 0.25) is 0 Å². The summed E-state index contributed by atoms with van der Waals surface area (Å²) >= 11 is 0. The third-order valence-corrected chi connectivity index (χ3v) is 3.21. The quantitative estimate of drug-likeness (QED) is 0.847. The van der Waals surface area contributed by atoms with Gasteiger partial charge in [-0.25, -0.2) is 0 Å². The molecule has 0 saturated carbocycles. The first kappa shape index (κ1) is 16.7. The van der Waals surface area contributed by atoms with Crippen molar-refractivity contribution in [2.45, 2.75) is 20.0 Å². The molecule has 0 fully saturated rings. The molecular weight excluding hydrogens is 264 g/mol. The van der Waals surface area contributed by atoms with Crippen LogP contribution in [0.5, 0.6) is 5.75 Å². The number of carbonyl (C=O) groups excluding carboxylic acids is 1. The fraction of sp³-hybridized carbons (Fsp3) is 0.235. The van der Waals surface area contributed by atoms with Crippen LogP contribution in [0.1, 0.15) is 24.6 Å². The highest BCUT2D eigenvalue weighted by Gasteiger charge is 2.20. The maximum atomic E-state index is 11.6. The maximum absolute atomic E-state index is 11.6. The molecule has 2 rings (SSSR count). The lowest BCUT2D eigenvalue weighted by Crippen LogP contribution is -2.86. The Balaban J connectivity index is 0.00000220. The van der Waals surface area contributed by atoms with E-state index in [0.717, 1.165) is 16.9 Å². The number of benzene rings is 2. The van der Waals surface area contributed by atoms with Gasteiger partial charge >= 0.3 is 0 Å². The zero-order valence-electron chi connectivity index (χ0n) is 11.5. The number of ether oxygens (including phenoxy) is 1. The molecule has 0 heterocycles. The first-order valence-electron chi connectivity index (χ1n) is 6.51. The van der Waals surface area contributed by atoms with Gasteiger partial charge in [0.25, 0.3) is 5.91 Å². The number of primary amides is 1. The Kier molecular flexibility index (Phi) is 6.43. The lowest BCUT2D eigenvalue weighted by molar-refractivity contribution is -0.698. The van der Waals surface area contributed by atoms with Crippen molar-refractivity contribution in [3.63, 3.8) is 0 Å². The second-order valence-corrected chi connectivity index (χ2v) is 4.58. The zero-order chi connectivity index (χ0) is 14.4. The highest BCUT2D eigenvalue weighted by molar-refractivity contribution is 5.79. The standard InChI is InChI=1S/C16H18N2O2.CH4/c1-20-14-9-7-12(8-10-14)11-18-15(16(17)19)13-5-3-2-4-6-13;/h2-10,15,18H,11H2,1H3,(H2,17,19);1H4/p+1.